The first kappa shape index (κ1) is 27.5. The van der Waals surface area contributed by atoms with Gasteiger partial charge < -0.3 is 15.6 Å². The molecule has 36 heavy (non-hydrogen) atoms. The lowest BCUT2D eigenvalue weighted by molar-refractivity contribution is 0.0696. The number of nitrogens with zero attached hydrogens (tertiary/aromatic N) is 2. The SMILES string of the molecule is COc1c(CCC(N)CC(C)(C)C)nc(NSc2cccc(C(=O)O)c2)nc1-c1c(C)cccc1C. The van der Waals surface area contributed by atoms with Crippen LogP contribution >= 0.6 is 11.9 Å². The summed E-state index contributed by atoms with van der Waals surface area (Å²) in [6, 6.07) is 12.9. The standard InChI is InChI=1S/C28H36N4O3S/c1-17-9-7-10-18(2)23(17)24-25(35-6)22(14-13-20(29)16-28(3,4)5)30-27(31-24)32-36-21-12-8-11-19(15-21)26(33)34/h7-12,15,20H,13-14,16,29H2,1-6H3,(H,33,34)(H,30,31,32). The van der Waals surface area contributed by atoms with Crippen LogP contribution in [0.2, 0.25) is 0 Å². The Balaban J connectivity index is 1.99. The second-order valence-electron chi connectivity index (χ2n) is 10.2. The minimum atomic E-state index is -0.968. The molecule has 1 atom stereocenters. The number of rotatable bonds is 10. The van der Waals surface area contributed by atoms with Gasteiger partial charge in [-0.05, 0) is 79.8 Å². The van der Waals surface area contributed by atoms with Crippen LogP contribution in [0.5, 0.6) is 5.75 Å². The molecule has 0 fully saturated rings. The number of hydrogen-bond acceptors (Lipinski definition) is 7. The molecular formula is C28H36N4O3S. The fourth-order valence-corrected chi connectivity index (χ4v) is 4.92. The van der Waals surface area contributed by atoms with Gasteiger partial charge in [-0.3, -0.25) is 4.72 Å². The molecule has 0 aliphatic carbocycles. The molecule has 8 heteroatoms. The first-order valence-electron chi connectivity index (χ1n) is 12.0. The summed E-state index contributed by atoms with van der Waals surface area (Å²) in [5.41, 5.74) is 11.5. The molecule has 1 unspecified atom stereocenters. The number of carbonyl (C=O) groups is 1. The van der Waals surface area contributed by atoms with E-state index in [4.69, 9.17) is 20.4 Å². The van der Waals surface area contributed by atoms with Crippen LogP contribution in [-0.4, -0.2) is 34.2 Å². The fraction of sp³-hybridized carbons (Fsp3) is 0.393. The van der Waals surface area contributed by atoms with Crippen LogP contribution in [-0.2, 0) is 6.42 Å². The van der Waals surface area contributed by atoms with E-state index in [-0.39, 0.29) is 17.0 Å². The van der Waals surface area contributed by atoms with Crippen molar-refractivity contribution in [1.82, 2.24) is 9.97 Å². The van der Waals surface area contributed by atoms with Crippen molar-refractivity contribution < 1.29 is 14.6 Å². The number of methoxy groups -OCH3 is 1. The number of nitrogens with one attached hydrogen (secondary N) is 1. The number of aryl methyl sites for hydroxylation is 3. The maximum atomic E-state index is 11.3. The largest absolute Gasteiger partial charge is 0.493 e. The van der Waals surface area contributed by atoms with E-state index < -0.39 is 5.97 Å². The van der Waals surface area contributed by atoms with E-state index in [0.29, 0.717) is 18.1 Å². The maximum absolute atomic E-state index is 11.3. The van der Waals surface area contributed by atoms with E-state index in [2.05, 4.69) is 51.5 Å². The number of benzene rings is 2. The van der Waals surface area contributed by atoms with Gasteiger partial charge in [-0.15, -0.1) is 0 Å². The highest BCUT2D eigenvalue weighted by atomic mass is 32.2. The maximum Gasteiger partial charge on any atom is 0.335 e. The number of aromatic nitrogens is 2. The van der Waals surface area contributed by atoms with Crippen molar-refractivity contribution in [3.8, 4) is 17.0 Å². The minimum Gasteiger partial charge on any atom is -0.493 e. The first-order valence-corrected chi connectivity index (χ1v) is 12.8. The Kier molecular flexibility index (Phi) is 8.98. The lowest BCUT2D eigenvalue weighted by Crippen LogP contribution is -2.27. The lowest BCUT2D eigenvalue weighted by atomic mass is 9.86. The summed E-state index contributed by atoms with van der Waals surface area (Å²) in [5, 5.41) is 9.30. The van der Waals surface area contributed by atoms with E-state index >= 15 is 0 Å². The predicted molar refractivity (Wildman–Crippen MR) is 147 cm³/mol. The molecule has 192 valence electrons. The third-order valence-electron chi connectivity index (χ3n) is 5.83. The monoisotopic (exact) mass is 508 g/mol. The number of hydrogen-bond donors (Lipinski definition) is 3. The first-order chi connectivity index (χ1) is 17.0. The number of anilines is 1. The highest BCUT2D eigenvalue weighted by Crippen LogP contribution is 2.37. The molecule has 4 N–H and O–H groups in total. The van der Waals surface area contributed by atoms with Crippen LogP contribution in [0.3, 0.4) is 0 Å². The Morgan fingerprint density at radius 1 is 1.14 bits per heavy atom. The molecule has 0 radical (unpaired) electrons. The van der Waals surface area contributed by atoms with E-state index in [1.165, 1.54) is 11.9 Å². The summed E-state index contributed by atoms with van der Waals surface area (Å²) in [5.74, 6) is 0.113. The Hall–Kier alpha value is -3.10. The zero-order valence-corrected chi connectivity index (χ0v) is 22.7. The highest BCUT2D eigenvalue weighted by Gasteiger charge is 2.22. The highest BCUT2D eigenvalue weighted by molar-refractivity contribution is 8.00. The molecule has 0 saturated heterocycles. The Morgan fingerprint density at radius 2 is 1.81 bits per heavy atom. The summed E-state index contributed by atoms with van der Waals surface area (Å²) in [4.78, 5) is 21.7. The van der Waals surface area contributed by atoms with Crippen molar-refractivity contribution in [2.24, 2.45) is 11.1 Å². The van der Waals surface area contributed by atoms with Crippen molar-refractivity contribution in [3.05, 3.63) is 64.8 Å². The van der Waals surface area contributed by atoms with Gasteiger partial charge in [0.15, 0.2) is 5.75 Å². The summed E-state index contributed by atoms with van der Waals surface area (Å²) >= 11 is 1.27. The second-order valence-corrected chi connectivity index (χ2v) is 11.1. The molecule has 0 aliphatic heterocycles. The third kappa shape index (κ3) is 7.21. The lowest BCUT2D eigenvalue weighted by Gasteiger charge is -2.23. The number of carboxylic acid groups (broad SMARTS) is 1. The Morgan fingerprint density at radius 3 is 2.42 bits per heavy atom. The zero-order valence-electron chi connectivity index (χ0n) is 21.9. The van der Waals surface area contributed by atoms with Crippen LogP contribution < -0.4 is 15.2 Å². The van der Waals surface area contributed by atoms with E-state index in [0.717, 1.165) is 45.8 Å². The van der Waals surface area contributed by atoms with Crippen molar-refractivity contribution >= 4 is 23.9 Å². The van der Waals surface area contributed by atoms with E-state index in [9.17, 15) is 9.90 Å². The minimum absolute atomic E-state index is 0.0397. The van der Waals surface area contributed by atoms with Crippen molar-refractivity contribution in [2.45, 2.75) is 64.8 Å². The molecule has 0 aliphatic rings. The normalized spacial score (nSPS) is 12.3. The van der Waals surface area contributed by atoms with Crippen LogP contribution in [0.25, 0.3) is 11.3 Å². The van der Waals surface area contributed by atoms with Gasteiger partial charge in [0.25, 0.3) is 0 Å². The van der Waals surface area contributed by atoms with Gasteiger partial charge in [0, 0.05) is 16.5 Å². The summed E-state index contributed by atoms with van der Waals surface area (Å²) in [7, 11) is 1.65. The molecule has 3 rings (SSSR count). The van der Waals surface area contributed by atoms with Crippen LogP contribution in [0, 0.1) is 19.3 Å². The molecule has 2 aromatic carbocycles. The molecule has 0 bridgehead atoms. The molecule has 7 nitrogen and oxygen atoms in total. The summed E-state index contributed by atoms with van der Waals surface area (Å²) < 4.78 is 9.08. The van der Waals surface area contributed by atoms with Gasteiger partial charge in [0.2, 0.25) is 5.95 Å². The molecule has 1 heterocycles. The van der Waals surface area contributed by atoms with Crippen LogP contribution in [0.4, 0.5) is 5.95 Å². The van der Waals surface area contributed by atoms with Gasteiger partial charge in [-0.2, -0.15) is 0 Å². The number of ether oxygens (including phenoxy) is 1. The quantitative estimate of drug-likeness (QED) is 0.274. The smallest absolute Gasteiger partial charge is 0.335 e. The van der Waals surface area contributed by atoms with Crippen LogP contribution in [0.15, 0.2) is 47.4 Å². The Labute approximate surface area is 218 Å². The average molecular weight is 509 g/mol. The molecule has 0 spiro atoms. The second kappa shape index (κ2) is 11.8. The fourth-order valence-electron chi connectivity index (χ4n) is 4.29. The number of aromatic carboxylic acids is 1. The van der Waals surface area contributed by atoms with Crippen LogP contribution in [0.1, 0.15) is 60.8 Å². The summed E-state index contributed by atoms with van der Waals surface area (Å²) in [6.45, 7) is 10.7. The molecule has 1 aromatic heterocycles. The van der Waals surface area contributed by atoms with E-state index in [1.807, 2.05) is 12.1 Å². The van der Waals surface area contributed by atoms with E-state index in [1.54, 1.807) is 25.3 Å². The molecule has 0 amide bonds. The van der Waals surface area contributed by atoms with Crippen molar-refractivity contribution in [1.29, 1.82) is 0 Å². The van der Waals surface area contributed by atoms with Crippen molar-refractivity contribution in [2.75, 3.05) is 11.8 Å². The molecule has 0 saturated carbocycles. The Bertz CT molecular complexity index is 1200. The van der Waals surface area contributed by atoms with Gasteiger partial charge in [-0.1, -0.05) is 45.0 Å². The molecular weight excluding hydrogens is 472 g/mol. The average Bonchev–Trinajstić information content (AvgIpc) is 2.80. The summed E-state index contributed by atoms with van der Waals surface area (Å²) in [6.07, 6.45) is 2.32. The predicted octanol–water partition coefficient (Wildman–Crippen LogP) is 6.28. The van der Waals surface area contributed by atoms with Gasteiger partial charge >= 0.3 is 5.97 Å². The van der Waals surface area contributed by atoms with Gasteiger partial charge in [0.05, 0.1) is 18.4 Å². The number of nitrogens with two attached hydrogens (primary N) is 1. The third-order valence-corrected chi connectivity index (χ3v) is 6.60. The van der Waals surface area contributed by atoms with Gasteiger partial charge in [-0.25, -0.2) is 14.8 Å². The van der Waals surface area contributed by atoms with Gasteiger partial charge in [0.1, 0.15) is 5.69 Å². The number of carboxylic acids is 1. The zero-order chi connectivity index (χ0) is 26.5. The topological polar surface area (TPSA) is 110 Å². The molecule has 3 aromatic rings. The van der Waals surface area contributed by atoms with Crippen molar-refractivity contribution in [3.63, 3.8) is 0 Å².